The number of amides is 1. The van der Waals surface area contributed by atoms with Crippen molar-refractivity contribution in [3.63, 3.8) is 0 Å². The first-order valence-corrected chi connectivity index (χ1v) is 10.8. The van der Waals surface area contributed by atoms with Gasteiger partial charge in [0, 0.05) is 19.2 Å². The largest absolute Gasteiger partial charge is 0.423 e. The minimum atomic E-state index is -0.624. The first kappa shape index (κ1) is 21.0. The molecule has 3 heterocycles. The van der Waals surface area contributed by atoms with Gasteiger partial charge in [-0.3, -0.25) is 4.79 Å². The van der Waals surface area contributed by atoms with Gasteiger partial charge in [-0.25, -0.2) is 8.78 Å². The Labute approximate surface area is 188 Å². The fourth-order valence-corrected chi connectivity index (χ4v) is 4.35. The van der Waals surface area contributed by atoms with Gasteiger partial charge in [0.25, 0.3) is 11.9 Å². The van der Waals surface area contributed by atoms with Crippen LogP contribution in [0, 0.1) is 17.6 Å². The molecule has 1 N–H and O–H groups in total. The molecule has 0 bridgehead atoms. The summed E-state index contributed by atoms with van der Waals surface area (Å²) in [5.41, 5.74) is 1.09. The summed E-state index contributed by atoms with van der Waals surface area (Å²) in [6.45, 7) is 2.91. The zero-order valence-electron chi connectivity index (χ0n) is 17.9. The van der Waals surface area contributed by atoms with E-state index in [0.29, 0.717) is 24.2 Å². The van der Waals surface area contributed by atoms with Crippen LogP contribution in [-0.4, -0.2) is 49.9 Å². The second-order valence-electron chi connectivity index (χ2n) is 8.15. The van der Waals surface area contributed by atoms with Gasteiger partial charge in [-0.15, -0.1) is 0 Å². The van der Waals surface area contributed by atoms with Crippen molar-refractivity contribution < 1.29 is 18.0 Å². The lowest BCUT2D eigenvalue weighted by atomic mass is 9.90. The topological polar surface area (TPSA) is 89.1 Å². The van der Waals surface area contributed by atoms with Gasteiger partial charge in [0.1, 0.15) is 28.4 Å². The number of oxazole rings is 1. The highest BCUT2D eigenvalue weighted by atomic mass is 19.1. The maximum Gasteiger partial charge on any atom is 0.295 e. The van der Waals surface area contributed by atoms with Gasteiger partial charge in [-0.05, 0) is 43.0 Å². The van der Waals surface area contributed by atoms with Gasteiger partial charge in [0.15, 0.2) is 5.58 Å². The quantitative estimate of drug-likeness (QED) is 0.492. The number of halogens is 2. The third kappa shape index (κ3) is 4.04. The number of carbonyl (C=O) groups excluding carboxylic acids is 1. The summed E-state index contributed by atoms with van der Waals surface area (Å²) in [5.74, 6) is -1.29. The zero-order chi connectivity index (χ0) is 22.9. The molecular formula is C23H22F2N6O2. The number of benzene rings is 2. The van der Waals surface area contributed by atoms with E-state index in [-0.39, 0.29) is 29.2 Å². The highest BCUT2D eigenvalue weighted by Gasteiger charge is 2.35. The van der Waals surface area contributed by atoms with Crippen LogP contribution in [0.25, 0.3) is 16.8 Å². The summed E-state index contributed by atoms with van der Waals surface area (Å²) < 4.78 is 33.9. The molecule has 0 unspecified atom stereocenters. The van der Waals surface area contributed by atoms with Crippen LogP contribution in [0.3, 0.4) is 0 Å². The molecule has 0 saturated carbocycles. The molecule has 1 fully saturated rings. The second-order valence-corrected chi connectivity index (χ2v) is 8.15. The van der Waals surface area contributed by atoms with E-state index in [2.05, 4.69) is 27.4 Å². The summed E-state index contributed by atoms with van der Waals surface area (Å²) in [6, 6.07) is 8.56. The third-order valence-electron chi connectivity index (χ3n) is 6.03. The van der Waals surface area contributed by atoms with Crippen LogP contribution in [0.2, 0.25) is 0 Å². The molecule has 2 aromatic heterocycles. The average molecular weight is 452 g/mol. The Hall–Kier alpha value is -3.82. The molecule has 170 valence electrons. The van der Waals surface area contributed by atoms with Crippen LogP contribution in [0.1, 0.15) is 30.1 Å². The van der Waals surface area contributed by atoms with Crippen LogP contribution in [0.15, 0.2) is 53.2 Å². The van der Waals surface area contributed by atoms with E-state index < -0.39 is 17.5 Å². The van der Waals surface area contributed by atoms with E-state index in [9.17, 15) is 13.6 Å². The molecule has 1 amide bonds. The number of rotatable bonds is 5. The number of likely N-dealkylation sites (tertiary alicyclic amines) is 1. The minimum Gasteiger partial charge on any atom is -0.423 e. The number of hydrogen-bond donors (Lipinski definition) is 1. The highest BCUT2D eigenvalue weighted by molar-refractivity contribution is 5.98. The number of fused-ring (bicyclic) bond motifs is 1. The first-order chi connectivity index (χ1) is 16.0. The summed E-state index contributed by atoms with van der Waals surface area (Å²) in [5, 5.41) is 11.3. The fourth-order valence-electron chi connectivity index (χ4n) is 4.35. The van der Waals surface area contributed by atoms with E-state index in [4.69, 9.17) is 4.42 Å². The van der Waals surface area contributed by atoms with Crippen molar-refractivity contribution in [1.29, 1.82) is 0 Å². The maximum absolute atomic E-state index is 14.9. The fraction of sp³-hybridized carbons (Fsp3) is 0.304. The van der Waals surface area contributed by atoms with Gasteiger partial charge in [0.05, 0.1) is 18.4 Å². The molecule has 0 aliphatic carbocycles. The van der Waals surface area contributed by atoms with Gasteiger partial charge >= 0.3 is 0 Å². The van der Waals surface area contributed by atoms with Gasteiger partial charge in [0.2, 0.25) is 0 Å². The Morgan fingerprint density at radius 2 is 2.03 bits per heavy atom. The minimum absolute atomic E-state index is 0.0647. The summed E-state index contributed by atoms with van der Waals surface area (Å²) in [7, 11) is 0. The molecule has 10 heteroatoms. The predicted molar refractivity (Wildman–Crippen MR) is 117 cm³/mol. The molecule has 2 atom stereocenters. The van der Waals surface area contributed by atoms with E-state index in [1.165, 1.54) is 41.5 Å². The highest BCUT2D eigenvalue weighted by Crippen LogP contribution is 2.28. The molecule has 1 aliphatic rings. The zero-order valence-corrected chi connectivity index (χ0v) is 17.9. The van der Waals surface area contributed by atoms with E-state index in [1.807, 2.05) is 0 Å². The lowest BCUT2D eigenvalue weighted by molar-refractivity contribution is 0.0534. The van der Waals surface area contributed by atoms with Crippen molar-refractivity contribution in [1.82, 2.24) is 24.9 Å². The number of nitrogens with one attached hydrogen (secondary N) is 1. The number of anilines is 1. The predicted octanol–water partition coefficient (Wildman–Crippen LogP) is 4.04. The van der Waals surface area contributed by atoms with Crippen molar-refractivity contribution in [2.24, 2.45) is 5.92 Å². The average Bonchev–Trinajstić information content (AvgIpc) is 3.47. The summed E-state index contributed by atoms with van der Waals surface area (Å²) >= 11 is 0. The van der Waals surface area contributed by atoms with Crippen molar-refractivity contribution in [3.05, 3.63) is 66.0 Å². The van der Waals surface area contributed by atoms with Gasteiger partial charge in [-0.2, -0.15) is 20.0 Å². The molecule has 1 saturated heterocycles. The van der Waals surface area contributed by atoms with Crippen LogP contribution in [0.4, 0.5) is 14.8 Å². The monoisotopic (exact) mass is 452 g/mol. The molecule has 8 nitrogen and oxygen atoms in total. The van der Waals surface area contributed by atoms with E-state index >= 15 is 0 Å². The smallest absolute Gasteiger partial charge is 0.295 e. The molecule has 4 aromatic rings. The molecule has 5 rings (SSSR count). The van der Waals surface area contributed by atoms with Crippen molar-refractivity contribution >= 4 is 23.0 Å². The standard InChI is InChI=1S/C23H22F2N6O2/c1-14-4-3-11-30(19(14)13-26-23-29-17-8-7-15(24)12-20(17)33-23)22(32)21-16(25)5-2-6-18(21)31-27-9-10-28-31/h2,5-10,12,14,19H,3-4,11,13H2,1H3,(H,26,29)/t14-,19-/m1/s1. The number of hydrogen-bond acceptors (Lipinski definition) is 6. The second kappa shape index (κ2) is 8.61. The van der Waals surface area contributed by atoms with Gasteiger partial charge < -0.3 is 14.6 Å². The summed E-state index contributed by atoms with van der Waals surface area (Å²) in [6.07, 6.45) is 4.69. The normalized spacial score (nSPS) is 18.6. The number of carbonyl (C=O) groups is 1. The van der Waals surface area contributed by atoms with Crippen LogP contribution in [-0.2, 0) is 0 Å². The van der Waals surface area contributed by atoms with E-state index in [1.54, 1.807) is 17.0 Å². The lowest BCUT2D eigenvalue weighted by Gasteiger charge is -2.40. The number of aromatic nitrogens is 4. The molecule has 0 radical (unpaired) electrons. The Morgan fingerprint density at radius 1 is 1.21 bits per heavy atom. The Kier molecular flexibility index (Phi) is 5.49. The molecule has 33 heavy (non-hydrogen) atoms. The lowest BCUT2D eigenvalue weighted by Crippen LogP contribution is -2.51. The first-order valence-electron chi connectivity index (χ1n) is 10.8. The molecule has 0 spiro atoms. The summed E-state index contributed by atoms with van der Waals surface area (Å²) in [4.78, 5) is 20.9. The van der Waals surface area contributed by atoms with Crippen molar-refractivity contribution in [2.75, 3.05) is 18.4 Å². The van der Waals surface area contributed by atoms with Crippen LogP contribution in [0.5, 0.6) is 0 Å². The van der Waals surface area contributed by atoms with Crippen molar-refractivity contribution in [2.45, 2.75) is 25.8 Å². The van der Waals surface area contributed by atoms with Crippen LogP contribution < -0.4 is 5.32 Å². The number of piperidine rings is 1. The Bertz CT molecular complexity index is 1290. The van der Waals surface area contributed by atoms with Gasteiger partial charge in [-0.1, -0.05) is 13.0 Å². The van der Waals surface area contributed by atoms with Crippen LogP contribution >= 0.6 is 0 Å². The molecule has 2 aromatic carbocycles. The third-order valence-corrected chi connectivity index (χ3v) is 6.03. The molecular weight excluding hydrogens is 430 g/mol. The SMILES string of the molecule is C[C@@H]1CCCN(C(=O)c2c(F)cccc2-n2nccn2)[C@@H]1CNc1nc2ccc(F)cc2o1. The number of nitrogens with zero attached hydrogens (tertiary/aromatic N) is 5. The maximum atomic E-state index is 14.9. The Balaban J connectivity index is 1.41. The van der Waals surface area contributed by atoms with E-state index in [0.717, 1.165) is 12.8 Å². The molecule has 1 aliphatic heterocycles. The Morgan fingerprint density at radius 3 is 2.85 bits per heavy atom. The van der Waals surface area contributed by atoms with Crippen molar-refractivity contribution in [3.8, 4) is 5.69 Å².